The largest absolute Gasteiger partial charge is 0.335 e. The summed E-state index contributed by atoms with van der Waals surface area (Å²) in [6.07, 6.45) is -1.58. The van der Waals surface area contributed by atoms with Crippen LogP contribution >= 0.6 is 0 Å². The number of carbonyl (C=O) groups excluding carboxylic acids is 1. The number of rotatable bonds is 3. The summed E-state index contributed by atoms with van der Waals surface area (Å²) in [5.74, 6) is 0. The number of nitrogens with one attached hydrogen (secondary N) is 2. The summed E-state index contributed by atoms with van der Waals surface area (Å²) < 4.78 is 23.3. The van der Waals surface area contributed by atoms with Crippen molar-refractivity contribution in [3.8, 4) is 0 Å². The van der Waals surface area contributed by atoms with E-state index in [1.165, 1.54) is 0 Å². The number of urea groups is 1. The van der Waals surface area contributed by atoms with Crippen LogP contribution in [0.1, 0.15) is 20.3 Å². The fraction of sp³-hybridized carbons (Fsp3) is 0.875. The van der Waals surface area contributed by atoms with Gasteiger partial charge in [0.15, 0.2) is 0 Å². The number of alkyl halides is 2. The molecule has 1 saturated carbocycles. The second-order valence-corrected chi connectivity index (χ2v) is 3.99. The zero-order chi connectivity index (χ0) is 10.1. The lowest BCUT2D eigenvalue weighted by molar-refractivity contribution is 0.146. The summed E-state index contributed by atoms with van der Waals surface area (Å²) in [6.45, 7) is 3.45. The maximum Gasteiger partial charge on any atom is 0.315 e. The Morgan fingerprint density at radius 2 is 2.15 bits per heavy atom. The van der Waals surface area contributed by atoms with Crippen molar-refractivity contribution in [1.29, 1.82) is 0 Å². The topological polar surface area (TPSA) is 41.1 Å². The predicted octanol–water partition coefficient (Wildman–Crippen LogP) is 1.35. The highest BCUT2D eigenvalue weighted by molar-refractivity contribution is 5.74. The maximum atomic E-state index is 11.7. The molecule has 0 aliphatic heterocycles. The Kier molecular flexibility index (Phi) is 2.73. The van der Waals surface area contributed by atoms with Gasteiger partial charge < -0.3 is 10.6 Å². The maximum absolute atomic E-state index is 11.7. The third-order valence-corrected chi connectivity index (χ3v) is 2.24. The molecular formula is C8H14F2N2O. The van der Waals surface area contributed by atoms with E-state index in [1.54, 1.807) is 0 Å². The lowest BCUT2D eigenvalue weighted by Gasteiger charge is -2.07. The fourth-order valence-electron chi connectivity index (χ4n) is 1.09. The molecule has 1 rings (SSSR count). The van der Waals surface area contributed by atoms with Crippen LogP contribution in [-0.2, 0) is 0 Å². The van der Waals surface area contributed by atoms with E-state index < -0.39 is 19.0 Å². The van der Waals surface area contributed by atoms with Gasteiger partial charge in [-0.2, -0.15) is 0 Å². The molecule has 1 aliphatic rings. The smallest absolute Gasteiger partial charge is 0.315 e. The SMILES string of the molecule is CC1(C)CC1NC(=O)NCC(F)F. The van der Waals surface area contributed by atoms with Gasteiger partial charge in [0.2, 0.25) is 0 Å². The molecule has 0 aromatic carbocycles. The highest BCUT2D eigenvalue weighted by Gasteiger charge is 2.46. The molecule has 5 heteroatoms. The number of hydrogen-bond acceptors (Lipinski definition) is 1. The van der Waals surface area contributed by atoms with Crippen LogP contribution < -0.4 is 10.6 Å². The summed E-state index contributed by atoms with van der Waals surface area (Å²) in [4.78, 5) is 10.9. The molecule has 0 bridgehead atoms. The van der Waals surface area contributed by atoms with Crippen molar-refractivity contribution in [2.24, 2.45) is 5.41 Å². The second-order valence-electron chi connectivity index (χ2n) is 3.99. The van der Waals surface area contributed by atoms with Gasteiger partial charge in [-0.1, -0.05) is 13.8 Å². The van der Waals surface area contributed by atoms with Gasteiger partial charge >= 0.3 is 6.03 Å². The Morgan fingerprint density at radius 3 is 2.54 bits per heavy atom. The van der Waals surface area contributed by atoms with Crippen LogP contribution in [0.15, 0.2) is 0 Å². The lowest BCUT2D eigenvalue weighted by atomic mass is 10.2. The summed E-state index contributed by atoms with van der Waals surface area (Å²) >= 11 is 0. The van der Waals surface area contributed by atoms with Crippen LogP contribution in [0.2, 0.25) is 0 Å². The molecule has 0 aromatic rings. The third kappa shape index (κ3) is 3.16. The van der Waals surface area contributed by atoms with E-state index in [1.807, 2.05) is 13.8 Å². The van der Waals surface area contributed by atoms with Gasteiger partial charge in [-0.15, -0.1) is 0 Å². The zero-order valence-electron chi connectivity index (χ0n) is 7.73. The van der Waals surface area contributed by atoms with Crippen molar-refractivity contribution in [3.05, 3.63) is 0 Å². The number of amides is 2. The van der Waals surface area contributed by atoms with E-state index in [2.05, 4.69) is 10.6 Å². The van der Waals surface area contributed by atoms with Crippen LogP contribution in [0.3, 0.4) is 0 Å². The van der Waals surface area contributed by atoms with Crippen LogP contribution in [0.4, 0.5) is 13.6 Å². The van der Waals surface area contributed by atoms with Gasteiger partial charge in [-0.25, -0.2) is 13.6 Å². The Hall–Kier alpha value is -0.870. The van der Waals surface area contributed by atoms with Gasteiger partial charge in [-0.3, -0.25) is 0 Å². The van der Waals surface area contributed by atoms with Crippen molar-refractivity contribution in [2.75, 3.05) is 6.54 Å². The Balaban J connectivity index is 2.13. The van der Waals surface area contributed by atoms with E-state index in [0.717, 1.165) is 6.42 Å². The Labute approximate surface area is 75.9 Å². The molecule has 1 atom stereocenters. The van der Waals surface area contributed by atoms with E-state index in [9.17, 15) is 13.6 Å². The van der Waals surface area contributed by atoms with E-state index in [0.29, 0.717) is 0 Å². The summed E-state index contributed by atoms with van der Waals surface area (Å²) in [5.41, 5.74) is 0.127. The van der Waals surface area contributed by atoms with Crippen molar-refractivity contribution in [1.82, 2.24) is 10.6 Å². The van der Waals surface area contributed by atoms with Crippen molar-refractivity contribution >= 4 is 6.03 Å². The van der Waals surface area contributed by atoms with Crippen LogP contribution in [0.5, 0.6) is 0 Å². The van der Waals surface area contributed by atoms with Crippen LogP contribution in [-0.4, -0.2) is 25.0 Å². The lowest BCUT2D eigenvalue weighted by Crippen LogP contribution is -2.40. The quantitative estimate of drug-likeness (QED) is 0.696. The monoisotopic (exact) mass is 192 g/mol. The minimum Gasteiger partial charge on any atom is -0.335 e. The average Bonchev–Trinajstić information content (AvgIpc) is 2.54. The van der Waals surface area contributed by atoms with Gasteiger partial charge in [0, 0.05) is 6.04 Å². The van der Waals surface area contributed by atoms with E-state index in [-0.39, 0.29) is 11.5 Å². The molecule has 13 heavy (non-hydrogen) atoms. The van der Waals surface area contributed by atoms with Crippen molar-refractivity contribution in [3.63, 3.8) is 0 Å². The number of carbonyl (C=O) groups is 1. The van der Waals surface area contributed by atoms with Crippen LogP contribution in [0, 0.1) is 5.41 Å². The number of hydrogen-bond donors (Lipinski definition) is 2. The van der Waals surface area contributed by atoms with Crippen molar-refractivity contribution < 1.29 is 13.6 Å². The van der Waals surface area contributed by atoms with E-state index >= 15 is 0 Å². The second kappa shape index (κ2) is 3.47. The molecule has 2 amide bonds. The molecule has 0 saturated heterocycles. The number of halogens is 2. The molecule has 0 spiro atoms. The molecular weight excluding hydrogens is 178 g/mol. The Morgan fingerprint density at radius 1 is 1.62 bits per heavy atom. The summed E-state index contributed by atoms with van der Waals surface area (Å²) in [5, 5.41) is 4.71. The molecule has 3 nitrogen and oxygen atoms in total. The first-order chi connectivity index (χ1) is 5.92. The van der Waals surface area contributed by atoms with Crippen molar-refractivity contribution in [2.45, 2.75) is 32.7 Å². The van der Waals surface area contributed by atoms with Gasteiger partial charge in [0.05, 0.1) is 6.54 Å². The van der Waals surface area contributed by atoms with Gasteiger partial charge in [0.1, 0.15) is 0 Å². The molecule has 1 aliphatic carbocycles. The average molecular weight is 192 g/mol. The minimum absolute atomic E-state index is 0.127. The molecule has 1 unspecified atom stereocenters. The first-order valence-electron chi connectivity index (χ1n) is 4.24. The minimum atomic E-state index is -2.49. The summed E-state index contributed by atoms with van der Waals surface area (Å²) in [7, 11) is 0. The zero-order valence-corrected chi connectivity index (χ0v) is 7.73. The standard InChI is InChI=1S/C8H14F2N2O/c1-8(2)3-5(8)12-7(13)11-4-6(9)10/h5-6H,3-4H2,1-2H3,(H2,11,12,13). The normalized spacial score (nSPS) is 24.2. The summed E-state index contributed by atoms with van der Waals surface area (Å²) in [6, 6.07) is -0.374. The van der Waals surface area contributed by atoms with Crippen LogP contribution in [0.25, 0.3) is 0 Å². The molecule has 2 N–H and O–H groups in total. The van der Waals surface area contributed by atoms with Gasteiger partial charge in [0.25, 0.3) is 6.43 Å². The molecule has 76 valence electrons. The molecule has 0 heterocycles. The Bertz CT molecular complexity index is 206. The molecule has 0 radical (unpaired) electrons. The molecule has 0 aromatic heterocycles. The highest BCUT2D eigenvalue weighted by atomic mass is 19.3. The van der Waals surface area contributed by atoms with E-state index in [4.69, 9.17) is 0 Å². The first-order valence-corrected chi connectivity index (χ1v) is 4.24. The molecule has 1 fully saturated rings. The predicted molar refractivity (Wildman–Crippen MR) is 44.7 cm³/mol. The first kappa shape index (κ1) is 10.2. The highest BCUT2D eigenvalue weighted by Crippen LogP contribution is 2.44. The van der Waals surface area contributed by atoms with Gasteiger partial charge in [-0.05, 0) is 11.8 Å². The third-order valence-electron chi connectivity index (χ3n) is 2.24. The fourth-order valence-corrected chi connectivity index (χ4v) is 1.09.